The number of hydrogen-bond acceptors (Lipinski definition) is 5. The third-order valence-corrected chi connectivity index (χ3v) is 4.20. The van der Waals surface area contributed by atoms with Crippen LogP contribution in [-0.2, 0) is 10.5 Å². The molecule has 0 spiro atoms. The van der Waals surface area contributed by atoms with Gasteiger partial charge in [0.15, 0.2) is 5.82 Å². The summed E-state index contributed by atoms with van der Waals surface area (Å²) in [6, 6.07) is 6.13. The third kappa shape index (κ3) is 4.04. The van der Waals surface area contributed by atoms with E-state index < -0.39 is 11.9 Å². The molecule has 1 aromatic carbocycles. The highest BCUT2D eigenvalue weighted by molar-refractivity contribution is 7.98. The molecule has 1 aromatic heterocycles. The van der Waals surface area contributed by atoms with Gasteiger partial charge in [0.1, 0.15) is 5.82 Å². The number of halogens is 1. The van der Waals surface area contributed by atoms with Gasteiger partial charge in [0.2, 0.25) is 5.89 Å². The van der Waals surface area contributed by atoms with Crippen LogP contribution in [0.25, 0.3) is 0 Å². The lowest BCUT2D eigenvalue weighted by molar-refractivity contribution is -0.141. The van der Waals surface area contributed by atoms with E-state index in [1.807, 2.05) is 0 Å². The summed E-state index contributed by atoms with van der Waals surface area (Å²) in [5, 5.41) is 12.8. The van der Waals surface area contributed by atoms with Gasteiger partial charge < -0.3 is 9.63 Å². The first-order chi connectivity index (χ1) is 9.97. The molecule has 0 aliphatic carbocycles. The summed E-state index contributed by atoms with van der Waals surface area (Å²) < 4.78 is 17.9. The largest absolute Gasteiger partial charge is 0.481 e. The van der Waals surface area contributed by atoms with Gasteiger partial charge in [-0.2, -0.15) is 4.98 Å². The molecular formula is C14H15FN2O3S. The average Bonchev–Trinajstić information content (AvgIpc) is 2.94. The molecule has 2 rings (SSSR count). The van der Waals surface area contributed by atoms with Crippen LogP contribution in [0.2, 0.25) is 0 Å². The van der Waals surface area contributed by atoms with Gasteiger partial charge in [-0.15, -0.1) is 11.8 Å². The van der Waals surface area contributed by atoms with Gasteiger partial charge in [0.25, 0.3) is 0 Å². The van der Waals surface area contributed by atoms with Crippen LogP contribution in [0.3, 0.4) is 0 Å². The van der Waals surface area contributed by atoms with E-state index in [1.165, 1.54) is 23.9 Å². The van der Waals surface area contributed by atoms with Crippen molar-refractivity contribution in [1.82, 2.24) is 10.1 Å². The minimum Gasteiger partial charge on any atom is -0.481 e. The van der Waals surface area contributed by atoms with E-state index in [9.17, 15) is 9.18 Å². The van der Waals surface area contributed by atoms with Gasteiger partial charge in [0.05, 0.1) is 11.7 Å². The van der Waals surface area contributed by atoms with Crippen molar-refractivity contribution < 1.29 is 18.8 Å². The molecule has 1 N–H and O–H groups in total. The number of carboxylic acids is 1. The van der Waals surface area contributed by atoms with E-state index in [2.05, 4.69) is 10.1 Å². The van der Waals surface area contributed by atoms with Crippen LogP contribution in [0.4, 0.5) is 4.39 Å². The highest BCUT2D eigenvalue weighted by Gasteiger charge is 2.25. The molecule has 112 valence electrons. The molecular weight excluding hydrogens is 295 g/mol. The summed E-state index contributed by atoms with van der Waals surface area (Å²) in [7, 11) is 0. The van der Waals surface area contributed by atoms with Gasteiger partial charge >= 0.3 is 5.97 Å². The summed E-state index contributed by atoms with van der Waals surface area (Å²) in [4.78, 5) is 16.0. The zero-order valence-electron chi connectivity index (χ0n) is 11.6. The normalized spacial score (nSPS) is 13.9. The highest BCUT2D eigenvalue weighted by atomic mass is 32.2. The number of carbonyl (C=O) groups is 1. The lowest BCUT2D eigenvalue weighted by atomic mass is 9.96. The van der Waals surface area contributed by atoms with Crippen LogP contribution in [0.5, 0.6) is 0 Å². The minimum absolute atomic E-state index is 0.280. The maximum Gasteiger partial charge on any atom is 0.307 e. The van der Waals surface area contributed by atoms with Gasteiger partial charge in [-0.3, -0.25) is 4.79 Å². The molecule has 2 unspecified atom stereocenters. The van der Waals surface area contributed by atoms with Gasteiger partial charge in [-0.1, -0.05) is 19.0 Å². The second kappa shape index (κ2) is 6.71. The summed E-state index contributed by atoms with van der Waals surface area (Å²) in [6.07, 6.45) is 0. The topological polar surface area (TPSA) is 76.2 Å². The third-order valence-electron chi connectivity index (χ3n) is 3.19. The maximum atomic E-state index is 12.8. The van der Waals surface area contributed by atoms with E-state index in [-0.39, 0.29) is 11.7 Å². The fourth-order valence-electron chi connectivity index (χ4n) is 1.62. The number of benzene rings is 1. The Morgan fingerprint density at radius 2 is 2.05 bits per heavy atom. The Bertz CT molecular complexity index is 615. The second-order valence-electron chi connectivity index (χ2n) is 4.71. The van der Waals surface area contributed by atoms with Crippen molar-refractivity contribution in [3.05, 3.63) is 41.8 Å². The minimum atomic E-state index is -0.900. The maximum absolute atomic E-state index is 12.8. The molecule has 5 nitrogen and oxygen atoms in total. The van der Waals surface area contributed by atoms with Crippen LogP contribution in [0.1, 0.15) is 31.5 Å². The Balaban J connectivity index is 1.97. The Morgan fingerprint density at radius 1 is 1.38 bits per heavy atom. The zero-order chi connectivity index (χ0) is 15.4. The first kappa shape index (κ1) is 15.5. The summed E-state index contributed by atoms with van der Waals surface area (Å²) in [5.41, 5.74) is 0. The van der Waals surface area contributed by atoms with Crippen LogP contribution >= 0.6 is 11.8 Å². The zero-order valence-corrected chi connectivity index (χ0v) is 12.4. The molecule has 2 atom stereocenters. The Labute approximate surface area is 125 Å². The van der Waals surface area contributed by atoms with E-state index in [4.69, 9.17) is 9.63 Å². The number of aromatic nitrogens is 2. The Morgan fingerprint density at radius 3 is 2.67 bits per heavy atom. The fourth-order valence-corrected chi connectivity index (χ4v) is 2.36. The molecule has 0 saturated heterocycles. The Hall–Kier alpha value is -1.89. The summed E-state index contributed by atoms with van der Waals surface area (Å²) in [5.74, 6) is -0.838. The first-order valence-corrected chi connectivity index (χ1v) is 7.39. The van der Waals surface area contributed by atoms with E-state index in [0.29, 0.717) is 17.5 Å². The first-order valence-electron chi connectivity index (χ1n) is 6.41. The predicted molar refractivity (Wildman–Crippen MR) is 75.5 cm³/mol. The molecule has 0 aliphatic heterocycles. The van der Waals surface area contributed by atoms with Gasteiger partial charge in [-0.05, 0) is 24.3 Å². The van der Waals surface area contributed by atoms with Crippen molar-refractivity contribution in [3.63, 3.8) is 0 Å². The van der Waals surface area contributed by atoms with E-state index in [1.54, 1.807) is 26.0 Å². The monoisotopic (exact) mass is 310 g/mol. The quantitative estimate of drug-likeness (QED) is 0.825. The fraction of sp³-hybridized carbons (Fsp3) is 0.357. The average molecular weight is 310 g/mol. The van der Waals surface area contributed by atoms with Crippen molar-refractivity contribution in [2.75, 3.05) is 0 Å². The van der Waals surface area contributed by atoms with Crippen LogP contribution < -0.4 is 0 Å². The predicted octanol–water partition coefficient (Wildman–Crippen LogP) is 3.33. The van der Waals surface area contributed by atoms with Gasteiger partial charge in [0, 0.05) is 10.8 Å². The highest BCUT2D eigenvalue weighted by Crippen LogP contribution is 2.25. The van der Waals surface area contributed by atoms with E-state index in [0.717, 1.165) is 4.90 Å². The number of thioether (sulfide) groups is 1. The van der Waals surface area contributed by atoms with Crippen molar-refractivity contribution in [3.8, 4) is 0 Å². The second-order valence-corrected chi connectivity index (χ2v) is 5.76. The van der Waals surface area contributed by atoms with Crippen LogP contribution in [0.15, 0.2) is 33.7 Å². The smallest absolute Gasteiger partial charge is 0.307 e. The lowest BCUT2D eigenvalue weighted by Crippen LogP contribution is -2.16. The summed E-state index contributed by atoms with van der Waals surface area (Å²) >= 11 is 1.45. The van der Waals surface area contributed by atoms with Crippen molar-refractivity contribution in [2.45, 2.75) is 30.4 Å². The molecule has 0 fully saturated rings. The number of nitrogens with zero attached hydrogens (tertiary/aromatic N) is 2. The molecule has 1 heterocycles. The van der Waals surface area contributed by atoms with Crippen molar-refractivity contribution >= 4 is 17.7 Å². The van der Waals surface area contributed by atoms with Gasteiger partial charge in [-0.25, -0.2) is 4.39 Å². The number of carboxylic acid groups (broad SMARTS) is 1. The Kier molecular flexibility index (Phi) is 4.95. The van der Waals surface area contributed by atoms with Crippen molar-refractivity contribution in [2.24, 2.45) is 5.92 Å². The molecule has 0 saturated carbocycles. The van der Waals surface area contributed by atoms with Crippen LogP contribution in [-0.4, -0.2) is 21.2 Å². The molecule has 2 aromatic rings. The number of rotatable bonds is 6. The van der Waals surface area contributed by atoms with Crippen molar-refractivity contribution in [1.29, 1.82) is 0 Å². The molecule has 0 amide bonds. The lowest BCUT2D eigenvalue weighted by Gasteiger charge is -2.10. The molecule has 0 radical (unpaired) electrons. The molecule has 7 heteroatoms. The number of hydrogen-bond donors (Lipinski definition) is 1. The number of aliphatic carboxylic acids is 1. The van der Waals surface area contributed by atoms with E-state index >= 15 is 0 Å². The SMILES string of the molecule is CC(C(=O)O)C(C)c1nc(CSc2ccc(F)cc2)no1. The molecule has 0 aliphatic rings. The molecule has 0 bridgehead atoms. The molecule has 21 heavy (non-hydrogen) atoms. The standard InChI is InChI=1S/C14H15FN2O3S/c1-8(9(2)14(18)19)13-16-12(17-20-13)7-21-11-5-3-10(15)4-6-11/h3-6,8-9H,7H2,1-2H3,(H,18,19). The summed E-state index contributed by atoms with van der Waals surface area (Å²) in [6.45, 7) is 3.34. The van der Waals surface area contributed by atoms with Crippen LogP contribution in [0, 0.1) is 11.7 Å².